The highest BCUT2D eigenvalue weighted by atomic mass is 35.5. The first kappa shape index (κ1) is 14.1. The average Bonchev–Trinajstić information content (AvgIpc) is 2.54. The zero-order valence-corrected chi connectivity index (χ0v) is 12.2. The number of nitrogens with one attached hydrogen (secondary N) is 1. The SMILES string of the molecule is N#Cc1cccc(NCc2cc(=O)n3cc(Cl)ccc3n2)c1. The van der Waals surface area contributed by atoms with Crippen LogP contribution in [0.3, 0.4) is 0 Å². The van der Waals surface area contributed by atoms with Gasteiger partial charge in [0.15, 0.2) is 0 Å². The van der Waals surface area contributed by atoms with Gasteiger partial charge in [-0.2, -0.15) is 5.26 Å². The maximum absolute atomic E-state index is 12.1. The Morgan fingerprint density at radius 2 is 2.14 bits per heavy atom. The van der Waals surface area contributed by atoms with Gasteiger partial charge in [0.2, 0.25) is 0 Å². The Morgan fingerprint density at radius 3 is 2.95 bits per heavy atom. The quantitative estimate of drug-likeness (QED) is 0.807. The summed E-state index contributed by atoms with van der Waals surface area (Å²) in [7, 11) is 0. The number of halogens is 1. The molecule has 2 heterocycles. The number of nitriles is 1. The van der Waals surface area contributed by atoms with Gasteiger partial charge < -0.3 is 5.32 Å². The minimum Gasteiger partial charge on any atom is -0.379 e. The minimum absolute atomic E-state index is 0.185. The second-order valence-electron chi connectivity index (χ2n) is 4.71. The lowest BCUT2D eigenvalue weighted by atomic mass is 10.2. The van der Waals surface area contributed by atoms with E-state index in [1.54, 1.807) is 36.5 Å². The van der Waals surface area contributed by atoms with Gasteiger partial charge in [0.05, 0.1) is 28.9 Å². The first-order valence-electron chi connectivity index (χ1n) is 6.57. The van der Waals surface area contributed by atoms with Crippen LogP contribution >= 0.6 is 11.6 Å². The molecule has 5 nitrogen and oxygen atoms in total. The standard InChI is InChI=1S/C16H11ClN4O/c17-12-4-5-15-20-14(7-16(22)21(15)10-12)9-19-13-3-1-2-11(6-13)8-18/h1-7,10,19H,9H2. The molecular formula is C16H11ClN4O. The van der Waals surface area contributed by atoms with Crippen LogP contribution in [0.25, 0.3) is 5.65 Å². The monoisotopic (exact) mass is 310 g/mol. The molecule has 3 aromatic rings. The highest BCUT2D eigenvalue weighted by Gasteiger charge is 2.03. The fourth-order valence-corrected chi connectivity index (χ4v) is 2.27. The molecule has 1 N–H and O–H groups in total. The third-order valence-corrected chi connectivity index (χ3v) is 3.37. The molecule has 0 unspecified atom stereocenters. The van der Waals surface area contributed by atoms with E-state index in [9.17, 15) is 4.79 Å². The average molecular weight is 311 g/mol. The van der Waals surface area contributed by atoms with Crippen molar-refractivity contribution in [1.82, 2.24) is 9.38 Å². The summed E-state index contributed by atoms with van der Waals surface area (Å²) in [6.45, 7) is 0.392. The maximum Gasteiger partial charge on any atom is 0.258 e. The summed E-state index contributed by atoms with van der Waals surface area (Å²) in [6.07, 6.45) is 1.54. The molecule has 0 aliphatic rings. The smallest absolute Gasteiger partial charge is 0.258 e. The summed E-state index contributed by atoms with van der Waals surface area (Å²) in [4.78, 5) is 16.5. The number of fused-ring (bicyclic) bond motifs is 1. The zero-order chi connectivity index (χ0) is 15.5. The van der Waals surface area contributed by atoms with Crippen LogP contribution in [-0.4, -0.2) is 9.38 Å². The second-order valence-corrected chi connectivity index (χ2v) is 5.14. The van der Waals surface area contributed by atoms with Crippen molar-refractivity contribution >= 4 is 22.9 Å². The van der Waals surface area contributed by atoms with Gasteiger partial charge in [-0.3, -0.25) is 9.20 Å². The molecular weight excluding hydrogens is 300 g/mol. The minimum atomic E-state index is -0.185. The number of aromatic nitrogens is 2. The van der Waals surface area contributed by atoms with Crippen molar-refractivity contribution < 1.29 is 0 Å². The molecule has 0 aliphatic carbocycles. The van der Waals surface area contributed by atoms with Crippen LogP contribution < -0.4 is 10.9 Å². The van der Waals surface area contributed by atoms with Crippen molar-refractivity contribution in [2.45, 2.75) is 6.54 Å². The van der Waals surface area contributed by atoms with Gasteiger partial charge in [0.25, 0.3) is 5.56 Å². The van der Waals surface area contributed by atoms with E-state index in [-0.39, 0.29) is 5.56 Å². The van der Waals surface area contributed by atoms with E-state index in [4.69, 9.17) is 16.9 Å². The van der Waals surface area contributed by atoms with E-state index >= 15 is 0 Å². The van der Waals surface area contributed by atoms with E-state index in [2.05, 4.69) is 16.4 Å². The van der Waals surface area contributed by atoms with Crippen LogP contribution in [-0.2, 0) is 6.54 Å². The molecule has 2 aromatic heterocycles. The van der Waals surface area contributed by atoms with Crippen LogP contribution in [0.1, 0.15) is 11.3 Å². The van der Waals surface area contributed by atoms with Crippen LogP contribution in [0, 0.1) is 11.3 Å². The normalized spacial score (nSPS) is 10.4. The molecule has 0 fully saturated rings. The Kier molecular flexibility index (Phi) is 3.77. The number of rotatable bonds is 3. The number of benzene rings is 1. The Balaban J connectivity index is 1.87. The summed E-state index contributed by atoms with van der Waals surface area (Å²) in [5.41, 5.74) is 2.35. The highest BCUT2D eigenvalue weighted by Crippen LogP contribution is 2.12. The molecule has 0 radical (unpaired) electrons. The second kappa shape index (κ2) is 5.88. The number of nitrogens with zero attached hydrogens (tertiary/aromatic N) is 3. The Morgan fingerprint density at radius 1 is 1.27 bits per heavy atom. The third-order valence-electron chi connectivity index (χ3n) is 3.14. The van der Waals surface area contributed by atoms with Crippen molar-refractivity contribution in [1.29, 1.82) is 5.26 Å². The molecule has 1 aromatic carbocycles. The van der Waals surface area contributed by atoms with Crippen molar-refractivity contribution in [3.63, 3.8) is 0 Å². The van der Waals surface area contributed by atoms with Crippen LogP contribution in [0.5, 0.6) is 0 Å². The number of anilines is 1. The lowest BCUT2D eigenvalue weighted by molar-refractivity contribution is 0.971. The van der Waals surface area contributed by atoms with E-state index < -0.39 is 0 Å². The summed E-state index contributed by atoms with van der Waals surface area (Å²) in [6, 6.07) is 14.1. The largest absolute Gasteiger partial charge is 0.379 e. The molecule has 0 saturated heterocycles. The van der Waals surface area contributed by atoms with Crippen LogP contribution in [0.4, 0.5) is 5.69 Å². The molecule has 0 spiro atoms. The molecule has 0 bridgehead atoms. The van der Waals surface area contributed by atoms with E-state index in [0.29, 0.717) is 28.5 Å². The fourth-order valence-electron chi connectivity index (χ4n) is 2.11. The Hall–Kier alpha value is -2.84. The maximum atomic E-state index is 12.1. The van der Waals surface area contributed by atoms with Gasteiger partial charge in [-0.05, 0) is 30.3 Å². The lowest BCUT2D eigenvalue weighted by Crippen LogP contribution is -2.16. The van der Waals surface area contributed by atoms with Crippen molar-refractivity contribution in [3.8, 4) is 6.07 Å². The van der Waals surface area contributed by atoms with Gasteiger partial charge >= 0.3 is 0 Å². The molecule has 0 atom stereocenters. The first-order valence-corrected chi connectivity index (χ1v) is 6.95. The Labute approximate surface area is 131 Å². The molecule has 22 heavy (non-hydrogen) atoms. The highest BCUT2D eigenvalue weighted by molar-refractivity contribution is 6.30. The number of hydrogen-bond donors (Lipinski definition) is 1. The third kappa shape index (κ3) is 2.92. The molecule has 0 saturated carbocycles. The molecule has 0 aliphatic heterocycles. The van der Waals surface area contributed by atoms with Crippen molar-refractivity contribution in [2.24, 2.45) is 0 Å². The summed E-state index contributed by atoms with van der Waals surface area (Å²) < 4.78 is 1.40. The summed E-state index contributed by atoms with van der Waals surface area (Å²) in [5.74, 6) is 0. The fraction of sp³-hybridized carbons (Fsp3) is 0.0625. The van der Waals surface area contributed by atoms with Gasteiger partial charge in [0.1, 0.15) is 5.65 Å². The predicted octanol–water partition coefficient (Wildman–Crippen LogP) is 2.83. The summed E-state index contributed by atoms with van der Waals surface area (Å²) >= 11 is 5.87. The molecule has 0 amide bonds. The van der Waals surface area contributed by atoms with E-state index in [1.807, 2.05) is 6.07 Å². The number of hydrogen-bond acceptors (Lipinski definition) is 4. The van der Waals surface area contributed by atoms with E-state index in [1.165, 1.54) is 10.5 Å². The van der Waals surface area contributed by atoms with Gasteiger partial charge in [-0.1, -0.05) is 17.7 Å². The molecule has 6 heteroatoms. The number of pyridine rings is 1. The lowest BCUT2D eigenvalue weighted by Gasteiger charge is -2.07. The molecule has 3 rings (SSSR count). The van der Waals surface area contributed by atoms with Crippen molar-refractivity contribution in [3.05, 3.63) is 75.3 Å². The molecule has 108 valence electrons. The topological polar surface area (TPSA) is 70.2 Å². The van der Waals surface area contributed by atoms with Gasteiger partial charge in [-0.15, -0.1) is 0 Å². The van der Waals surface area contributed by atoms with Crippen molar-refractivity contribution in [2.75, 3.05) is 5.32 Å². The first-order chi connectivity index (χ1) is 10.7. The van der Waals surface area contributed by atoms with Gasteiger partial charge in [0, 0.05) is 18.0 Å². The summed E-state index contributed by atoms with van der Waals surface area (Å²) in [5, 5.41) is 12.5. The zero-order valence-electron chi connectivity index (χ0n) is 11.5. The van der Waals surface area contributed by atoms with E-state index in [0.717, 1.165) is 5.69 Å². The van der Waals surface area contributed by atoms with Gasteiger partial charge in [-0.25, -0.2) is 4.98 Å². The predicted molar refractivity (Wildman–Crippen MR) is 85.0 cm³/mol. The van der Waals surface area contributed by atoms with Crippen LogP contribution in [0.15, 0.2) is 53.5 Å². The Bertz CT molecular complexity index is 943. The van der Waals surface area contributed by atoms with Crippen LogP contribution in [0.2, 0.25) is 5.02 Å².